The fraction of sp³-hybridized carbons (Fsp3) is 0.292. The lowest BCUT2D eigenvalue weighted by Gasteiger charge is -2.41. The summed E-state index contributed by atoms with van der Waals surface area (Å²) in [5, 5.41) is 20.7. The zero-order valence-corrected chi connectivity index (χ0v) is 17.7. The van der Waals surface area contributed by atoms with Gasteiger partial charge < -0.3 is 14.8 Å². The number of pyridine rings is 1. The van der Waals surface area contributed by atoms with Crippen molar-refractivity contribution in [2.24, 2.45) is 0 Å². The van der Waals surface area contributed by atoms with Crippen molar-refractivity contribution in [1.29, 1.82) is 0 Å². The van der Waals surface area contributed by atoms with Crippen LogP contribution in [0.25, 0.3) is 11.4 Å². The SMILES string of the molecule is OCc1ccc(CN2CCC(Nc3ccccc3)(c3nc(-c4ccncc4)n[nH]3)CC2)o1. The van der Waals surface area contributed by atoms with E-state index in [0.29, 0.717) is 11.6 Å². The molecule has 8 nitrogen and oxygen atoms in total. The quantitative estimate of drug-likeness (QED) is 0.412. The Labute approximate surface area is 186 Å². The molecule has 4 aromatic rings. The van der Waals surface area contributed by atoms with E-state index in [4.69, 9.17) is 9.40 Å². The van der Waals surface area contributed by atoms with E-state index >= 15 is 0 Å². The Bertz CT molecular complexity index is 1130. The van der Waals surface area contributed by atoms with E-state index < -0.39 is 0 Å². The highest BCUT2D eigenvalue weighted by atomic mass is 16.4. The number of para-hydroxylation sites is 1. The molecule has 1 saturated heterocycles. The van der Waals surface area contributed by atoms with Gasteiger partial charge in [0.25, 0.3) is 0 Å². The Morgan fingerprint density at radius 2 is 1.75 bits per heavy atom. The molecule has 0 atom stereocenters. The second-order valence-corrected chi connectivity index (χ2v) is 8.12. The lowest BCUT2D eigenvalue weighted by molar-refractivity contribution is 0.149. The number of rotatable bonds is 7. The molecule has 1 aliphatic rings. The van der Waals surface area contributed by atoms with Crippen molar-refractivity contribution in [3.8, 4) is 11.4 Å². The Morgan fingerprint density at radius 3 is 2.47 bits per heavy atom. The Kier molecular flexibility index (Phi) is 5.70. The first-order valence-corrected chi connectivity index (χ1v) is 10.8. The maximum atomic E-state index is 9.24. The van der Waals surface area contributed by atoms with Crippen LogP contribution in [0.15, 0.2) is 71.4 Å². The van der Waals surface area contributed by atoms with E-state index in [9.17, 15) is 5.11 Å². The Balaban J connectivity index is 1.37. The third kappa shape index (κ3) is 4.28. The van der Waals surface area contributed by atoms with Gasteiger partial charge in [-0.1, -0.05) is 18.2 Å². The van der Waals surface area contributed by atoms with Crippen LogP contribution in [0, 0.1) is 0 Å². The molecule has 1 fully saturated rings. The molecule has 32 heavy (non-hydrogen) atoms. The molecule has 1 aliphatic heterocycles. The lowest BCUT2D eigenvalue weighted by Crippen LogP contribution is -2.47. The smallest absolute Gasteiger partial charge is 0.181 e. The Hall–Kier alpha value is -3.49. The van der Waals surface area contributed by atoms with Crippen molar-refractivity contribution in [1.82, 2.24) is 25.1 Å². The lowest BCUT2D eigenvalue weighted by atomic mass is 9.86. The highest BCUT2D eigenvalue weighted by molar-refractivity contribution is 5.54. The van der Waals surface area contributed by atoms with Gasteiger partial charge in [0.15, 0.2) is 11.6 Å². The van der Waals surface area contributed by atoms with Gasteiger partial charge in [0.2, 0.25) is 0 Å². The normalized spacial score (nSPS) is 16.2. The number of hydrogen-bond acceptors (Lipinski definition) is 7. The molecule has 3 N–H and O–H groups in total. The monoisotopic (exact) mass is 430 g/mol. The van der Waals surface area contributed by atoms with Crippen molar-refractivity contribution in [2.45, 2.75) is 31.5 Å². The maximum Gasteiger partial charge on any atom is 0.181 e. The predicted octanol–water partition coefficient (Wildman–Crippen LogP) is 3.56. The number of piperidine rings is 1. The average molecular weight is 431 g/mol. The van der Waals surface area contributed by atoms with Gasteiger partial charge in [-0.2, -0.15) is 5.10 Å². The molecular formula is C24H26N6O2. The molecule has 164 valence electrons. The fourth-order valence-corrected chi connectivity index (χ4v) is 4.23. The van der Waals surface area contributed by atoms with E-state index in [1.54, 1.807) is 12.4 Å². The standard InChI is InChI=1S/C24H26N6O2/c31-17-21-7-6-20(32-21)16-30-14-10-24(11-15-30,27-19-4-2-1-3-5-19)23-26-22(28-29-23)18-8-12-25-13-9-18/h1-9,12-13,27,31H,10-11,14-17H2,(H,26,28,29). The minimum Gasteiger partial charge on any atom is -0.462 e. The van der Waals surface area contributed by atoms with Crippen LogP contribution < -0.4 is 5.32 Å². The molecule has 0 bridgehead atoms. The molecule has 0 aliphatic carbocycles. The summed E-state index contributed by atoms with van der Waals surface area (Å²) in [7, 11) is 0. The first-order chi connectivity index (χ1) is 15.7. The van der Waals surface area contributed by atoms with E-state index in [1.165, 1.54) is 0 Å². The van der Waals surface area contributed by atoms with Crippen LogP contribution in [0.1, 0.15) is 30.2 Å². The molecule has 3 aromatic heterocycles. The second kappa shape index (κ2) is 8.94. The average Bonchev–Trinajstić information content (AvgIpc) is 3.52. The van der Waals surface area contributed by atoms with Gasteiger partial charge in [-0.3, -0.25) is 15.0 Å². The minimum atomic E-state index is -0.352. The number of aliphatic hydroxyl groups is 1. The zero-order chi connectivity index (χ0) is 21.8. The number of benzene rings is 1. The van der Waals surface area contributed by atoms with Crippen LogP contribution in [-0.2, 0) is 18.7 Å². The van der Waals surface area contributed by atoms with Gasteiger partial charge in [0.05, 0.1) is 12.1 Å². The number of furan rings is 1. The second-order valence-electron chi connectivity index (χ2n) is 8.12. The molecule has 1 aromatic carbocycles. The number of hydrogen-bond donors (Lipinski definition) is 3. The van der Waals surface area contributed by atoms with Crippen molar-refractivity contribution in [3.63, 3.8) is 0 Å². The summed E-state index contributed by atoms with van der Waals surface area (Å²) < 4.78 is 5.68. The van der Waals surface area contributed by atoms with E-state index in [2.05, 4.69) is 37.5 Å². The van der Waals surface area contributed by atoms with E-state index in [1.807, 2.05) is 42.5 Å². The van der Waals surface area contributed by atoms with Crippen LogP contribution in [0.2, 0.25) is 0 Å². The summed E-state index contributed by atoms with van der Waals surface area (Å²) in [6.07, 6.45) is 5.22. The first-order valence-electron chi connectivity index (χ1n) is 10.8. The Morgan fingerprint density at radius 1 is 1.00 bits per heavy atom. The highest BCUT2D eigenvalue weighted by Crippen LogP contribution is 2.36. The molecule has 0 unspecified atom stereocenters. The molecular weight excluding hydrogens is 404 g/mol. The van der Waals surface area contributed by atoms with Gasteiger partial charge >= 0.3 is 0 Å². The number of nitrogens with zero attached hydrogens (tertiary/aromatic N) is 4. The van der Waals surface area contributed by atoms with Gasteiger partial charge in [-0.25, -0.2) is 4.98 Å². The number of aliphatic hydroxyl groups excluding tert-OH is 1. The van der Waals surface area contributed by atoms with Gasteiger partial charge in [-0.05, 0) is 49.2 Å². The van der Waals surface area contributed by atoms with Crippen LogP contribution in [0.4, 0.5) is 5.69 Å². The van der Waals surface area contributed by atoms with Gasteiger partial charge in [0, 0.05) is 36.7 Å². The summed E-state index contributed by atoms with van der Waals surface area (Å²) in [5.41, 5.74) is 1.64. The van der Waals surface area contributed by atoms with E-state index in [-0.39, 0.29) is 12.1 Å². The highest BCUT2D eigenvalue weighted by Gasteiger charge is 2.39. The van der Waals surface area contributed by atoms with Crippen molar-refractivity contribution in [2.75, 3.05) is 18.4 Å². The number of aromatic amines is 1. The summed E-state index contributed by atoms with van der Waals surface area (Å²) in [4.78, 5) is 11.3. The molecule has 8 heteroatoms. The van der Waals surface area contributed by atoms with Crippen LogP contribution in [0.5, 0.6) is 0 Å². The maximum absolute atomic E-state index is 9.24. The number of aromatic nitrogens is 4. The molecule has 4 heterocycles. The number of likely N-dealkylation sites (tertiary alicyclic amines) is 1. The molecule has 0 amide bonds. The zero-order valence-electron chi connectivity index (χ0n) is 17.7. The molecule has 0 spiro atoms. The van der Waals surface area contributed by atoms with Crippen LogP contribution >= 0.6 is 0 Å². The summed E-state index contributed by atoms with van der Waals surface area (Å²) in [5.74, 6) is 2.99. The topological polar surface area (TPSA) is 103 Å². The minimum absolute atomic E-state index is 0.0740. The summed E-state index contributed by atoms with van der Waals surface area (Å²) in [6, 6.07) is 17.8. The molecule has 5 rings (SSSR count). The van der Waals surface area contributed by atoms with Gasteiger partial charge in [0.1, 0.15) is 18.1 Å². The van der Waals surface area contributed by atoms with Crippen LogP contribution in [-0.4, -0.2) is 43.3 Å². The largest absolute Gasteiger partial charge is 0.462 e. The van der Waals surface area contributed by atoms with Crippen LogP contribution in [0.3, 0.4) is 0 Å². The van der Waals surface area contributed by atoms with Crippen molar-refractivity contribution < 1.29 is 9.52 Å². The fourth-order valence-electron chi connectivity index (χ4n) is 4.23. The predicted molar refractivity (Wildman–Crippen MR) is 120 cm³/mol. The van der Waals surface area contributed by atoms with E-state index in [0.717, 1.165) is 55.3 Å². The third-order valence-electron chi connectivity index (χ3n) is 6.00. The first kappa shape index (κ1) is 20.4. The van der Waals surface area contributed by atoms with Crippen molar-refractivity contribution in [3.05, 3.63) is 84.3 Å². The molecule has 0 radical (unpaired) electrons. The number of nitrogens with one attached hydrogen (secondary N) is 2. The third-order valence-corrected chi connectivity index (χ3v) is 6.00. The van der Waals surface area contributed by atoms with Gasteiger partial charge in [-0.15, -0.1) is 0 Å². The number of H-pyrrole nitrogens is 1. The summed E-state index contributed by atoms with van der Waals surface area (Å²) >= 11 is 0. The summed E-state index contributed by atoms with van der Waals surface area (Å²) in [6.45, 7) is 2.40. The molecule has 0 saturated carbocycles. The number of anilines is 1. The van der Waals surface area contributed by atoms with Crippen molar-refractivity contribution >= 4 is 5.69 Å².